The Balaban J connectivity index is 2.87. The van der Waals surface area contributed by atoms with Crippen molar-refractivity contribution in [3.05, 3.63) is 48.1 Å². The fourth-order valence-electron chi connectivity index (χ4n) is 1.65. The fraction of sp³-hybridized carbons (Fsp3) is 0.400. The Morgan fingerprint density at radius 3 is 2.57 bits per heavy atom. The van der Waals surface area contributed by atoms with Crippen LogP contribution < -0.4 is 5.32 Å². The van der Waals surface area contributed by atoms with Crippen molar-refractivity contribution in [3.63, 3.8) is 0 Å². The lowest BCUT2D eigenvalue weighted by atomic mass is 10.0. The molecule has 0 fully saturated rings. The van der Waals surface area contributed by atoms with E-state index in [1.807, 2.05) is 0 Å². The van der Waals surface area contributed by atoms with Gasteiger partial charge in [-0.2, -0.15) is 0 Å². The number of carbonyl (C=O) groups is 1. The third-order valence-corrected chi connectivity index (χ3v) is 2.55. The molecule has 0 aromatic heterocycles. The van der Waals surface area contributed by atoms with Crippen molar-refractivity contribution in [3.8, 4) is 0 Å². The lowest BCUT2D eigenvalue weighted by Crippen LogP contribution is -2.41. The second-order valence-corrected chi connectivity index (χ2v) is 5.52. The third kappa shape index (κ3) is 5.15. The van der Waals surface area contributed by atoms with Crippen LogP contribution in [0.1, 0.15) is 32.4 Å². The minimum atomic E-state index is -1.48. The van der Waals surface area contributed by atoms with E-state index < -0.39 is 35.5 Å². The summed E-state index contributed by atoms with van der Waals surface area (Å²) in [6, 6.07) is 1.70. The number of nitrogens with one attached hydrogen (secondary N) is 1. The maximum Gasteiger partial charge on any atom is 0.408 e. The van der Waals surface area contributed by atoms with Gasteiger partial charge in [0.05, 0.1) is 6.04 Å². The topological polar surface area (TPSA) is 58.6 Å². The van der Waals surface area contributed by atoms with Gasteiger partial charge in [0.2, 0.25) is 0 Å². The predicted octanol–water partition coefficient (Wildman–Crippen LogP) is 3.08. The second kappa shape index (κ2) is 6.67. The van der Waals surface area contributed by atoms with E-state index in [-0.39, 0.29) is 5.56 Å². The Morgan fingerprint density at radius 2 is 2.05 bits per heavy atom. The van der Waals surface area contributed by atoms with Crippen LogP contribution in [0.15, 0.2) is 30.9 Å². The highest BCUT2D eigenvalue weighted by atomic mass is 19.1. The van der Waals surface area contributed by atoms with Crippen LogP contribution >= 0.6 is 0 Å². The molecule has 116 valence electrons. The molecule has 2 N–H and O–H groups in total. The monoisotopic (exact) mass is 299 g/mol. The molecule has 1 rings (SSSR count). The van der Waals surface area contributed by atoms with E-state index in [1.54, 1.807) is 20.8 Å². The van der Waals surface area contributed by atoms with Crippen molar-refractivity contribution in [1.29, 1.82) is 0 Å². The van der Waals surface area contributed by atoms with E-state index in [0.717, 1.165) is 18.2 Å². The summed E-state index contributed by atoms with van der Waals surface area (Å²) in [4.78, 5) is 11.7. The van der Waals surface area contributed by atoms with Crippen molar-refractivity contribution >= 4 is 6.09 Å². The number of halogens is 2. The largest absolute Gasteiger partial charge is 0.444 e. The lowest BCUT2D eigenvalue weighted by molar-refractivity contribution is 0.0451. The Morgan fingerprint density at radius 1 is 1.43 bits per heavy atom. The molecule has 0 aliphatic heterocycles. The number of benzene rings is 1. The van der Waals surface area contributed by atoms with Crippen LogP contribution in [0.3, 0.4) is 0 Å². The van der Waals surface area contributed by atoms with Crippen LogP contribution in [-0.4, -0.2) is 22.8 Å². The summed E-state index contributed by atoms with van der Waals surface area (Å²) in [5.41, 5.74) is -0.985. The maximum absolute atomic E-state index is 13.6. The quantitative estimate of drug-likeness (QED) is 0.840. The summed E-state index contributed by atoms with van der Waals surface area (Å²) in [6.07, 6.45) is -1.05. The number of carbonyl (C=O) groups excluding carboxylic acids is 1. The highest BCUT2D eigenvalue weighted by Crippen LogP contribution is 2.22. The van der Waals surface area contributed by atoms with Crippen LogP contribution in [0.2, 0.25) is 0 Å². The van der Waals surface area contributed by atoms with Gasteiger partial charge in [0.25, 0.3) is 0 Å². The molecule has 0 saturated carbocycles. The number of aliphatic hydroxyl groups excluding tert-OH is 1. The van der Waals surface area contributed by atoms with Crippen molar-refractivity contribution in [2.45, 2.75) is 38.5 Å². The maximum atomic E-state index is 13.6. The van der Waals surface area contributed by atoms with Gasteiger partial charge in [0.1, 0.15) is 23.3 Å². The number of alkyl carbamates (subject to hydrolysis) is 1. The van der Waals surface area contributed by atoms with E-state index in [4.69, 9.17) is 4.74 Å². The highest BCUT2D eigenvalue weighted by Gasteiger charge is 2.25. The molecule has 21 heavy (non-hydrogen) atoms. The molecule has 1 aromatic carbocycles. The summed E-state index contributed by atoms with van der Waals surface area (Å²) in [7, 11) is 0. The zero-order valence-electron chi connectivity index (χ0n) is 12.2. The average molecular weight is 299 g/mol. The van der Waals surface area contributed by atoms with Gasteiger partial charge in [-0.15, -0.1) is 6.58 Å². The van der Waals surface area contributed by atoms with Gasteiger partial charge in [-0.25, -0.2) is 13.6 Å². The van der Waals surface area contributed by atoms with Gasteiger partial charge in [-0.3, -0.25) is 0 Å². The van der Waals surface area contributed by atoms with E-state index in [2.05, 4.69) is 11.9 Å². The summed E-state index contributed by atoms with van der Waals surface area (Å²) < 4.78 is 31.8. The molecule has 1 amide bonds. The normalized spacial score (nSPS) is 14.2. The first-order valence-electron chi connectivity index (χ1n) is 6.39. The van der Waals surface area contributed by atoms with Crippen LogP contribution in [0.25, 0.3) is 0 Å². The van der Waals surface area contributed by atoms with Gasteiger partial charge >= 0.3 is 6.09 Å². The van der Waals surface area contributed by atoms with Crippen molar-refractivity contribution in [2.24, 2.45) is 0 Å². The van der Waals surface area contributed by atoms with Crippen LogP contribution in [0.4, 0.5) is 13.6 Å². The molecule has 0 spiro atoms. The molecule has 0 saturated heterocycles. The van der Waals surface area contributed by atoms with Crippen LogP contribution in [0, 0.1) is 11.6 Å². The molecule has 0 aliphatic rings. The fourth-order valence-corrected chi connectivity index (χ4v) is 1.65. The number of ether oxygens (including phenoxy) is 1. The average Bonchev–Trinajstić information content (AvgIpc) is 2.36. The molecule has 0 unspecified atom stereocenters. The minimum Gasteiger partial charge on any atom is -0.444 e. The predicted molar refractivity (Wildman–Crippen MR) is 74.7 cm³/mol. The first-order valence-corrected chi connectivity index (χ1v) is 6.39. The Hall–Kier alpha value is -1.95. The van der Waals surface area contributed by atoms with Crippen molar-refractivity contribution < 1.29 is 23.4 Å². The second-order valence-electron chi connectivity index (χ2n) is 5.52. The summed E-state index contributed by atoms with van der Waals surface area (Å²) in [6.45, 7) is 8.50. The molecule has 0 heterocycles. The lowest BCUT2D eigenvalue weighted by Gasteiger charge is -2.25. The van der Waals surface area contributed by atoms with Crippen molar-refractivity contribution in [2.75, 3.05) is 0 Å². The zero-order chi connectivity index (χ0) is 16.2. The zero-order valence-corrected chi connectivity index (χ0v) is 12.2. The molecule has 1 aromatic rings. The van der Waals surface area contributed by atoms with Gasteiger partial charge < -0.3 is 15.2 Å². The Kier molecular flexibility index (Phi) is 5.43. The number of hydrogen-bond donors (Lipinski definition) is 2. The van der Waals surface area contributed by atoms with Crippen LogP contribution in [-0.2, 0) is 4.74 Å². The number of aliphatic hydroxyl groups is 1. The van der Waals surface area contributed by atoms with Crippen molar-refractivity contribution in [1.82, 2.24) is 5.32 Å². The summed E-state index contributed by atoms with van der Waals surface area (Å²) in [5, 5.41) is 12.4. The van der Waals surface area contributed by atoms with Crippen LogP contribution in [0.5, 0.6) is 0 Å². The Bertz CT molecular complexity index is 526. The summed E-state index contributed by atoms with van der Waals surface area (Å²) in [5.74, 6) is -1.47. The van der Waals surface area contributed by atoms with E-state index in [1.165, 1.54) is 6.08 Å². The minimum absolute atomic E-state index is 0.268. The molecule has 2 atom stereocenters. The molecule has 6 heteroatoms. The molecule has 4 nitrogen and oxygen atoms in total. The number of hydrogen-bond acceptors (Lipinski definition) is 3. The third-order valence-electron chi connectivity index (χ3n) is 2.55. The van der Waals surface area contributed by atoms with E-state index >= 15 is 0 Å². The smallest absolute Gasteiger partial charge is 0.408 e. The highest BCUT2D eigenvalue weighted by molar-refractivity contribution is 5.68. The van der Waals surface area contributed by atoms with Gasteiger partial charge in [-0.05, 0) is 39.0 Å². The van der Waals surface area contributed by atoms with Gasteiger partial charge in [0, 0.05) is 5.56 Å². The summed E-state index contributed by atoms with van der Waals surface area (Å²) >= 11 is 0. The molecule has 0 bridgehead atoms. The first kappa shape index (κ1) is 17.1. The van der Waals surface area contributed by atoms with Gasteiger partial charge in [-0.1, -0.05) is 6.08 Å². The van der Waals surface area contributed by atoms with Gasteiger partial charge in [0.15, 0.2) is 0 Å². The first-order chi connectivity index (χ1) is 9.64. The molecule has 0 radical (unpaired) electrons. The SMILES string of the molecule is C=C[C@H](NC(=O)OC(C)(C)C)[C@H](O)c1cc(F)ccc1F. The molecular weight excluding hydrogens is 280 g/mol. The number of rotatable bonds is 4. The van der Waals surface area contributed by atoms with E-state index in [9.17, 15) is 18.7 Å². The standard InChI is InChI=1S/C15H19F2NO3/c1-5-12(18-14(20)21-15(2,3)4)13(19)10-8-9(16)6-7-11(10)17/h5-8,12-13,19H,1H2,2-4H3,(H,18,20)/t12-,13+/m0/s1. The molecule has 0 aliphatic carbocycles. The Labute approximate surface area is 122 Å². The van der Waals surface area contributed by atoms with E-state index in [0.29, 0.717) is 0 Å². The number of amides is 1. The molecular formula is C15H19F2NO3.